The van der Waals surface area contributed by atoms with Gasteiger partial charge in [-0.15, -0.1) is 0 Å². The molecular formula is C5H9NO2. The Bertz CT molecular complexity index is 111. The zero-order valence-electron chi connectivity index (χ0n) is 4.72. The lowest BCUT2D eigenvalue weighted by Gasteiger charge is -1.88. The minimum Gasteiger partial charge on any atom is -0.364 e. The Morgan fingerprint density at radius 3 is 2.62 bits per heavy atom. The fourth-order valence-electron chi connectivity index (χ4n) is 0.628. The highest BCUT2D eigenvalue weighted by Crippen LogP contribution is 2.34. The second-order valence-corrected chi connectivity index (χ2v) is 2.10. The van der Waals surface area contributed by atoms with E-state index in [-0.39, 0.29) is 6.10 Å². The summed E-state index contributed by atoms with van der Waals surface area (Å²) in [6, 6.07) is 0. The normalized spacial score (nSPS) is 44.0. The number of rotatable bonds is 2. The van der Waals surface area contributed by atoms with Crippen LogP contribution in [0.25, 0.3) is 0 Å². The van der Waals surface area contributed by atoms with Crippen LogP contribution in [0, 0.1) is 5.41 Å². The average Bonchev–Trinajstić information content (AvgIpc) is 2.15. The zero-order chi connectivity index (χ0) is 6.20. The molecule has 1 aliphatic heterocycles. The van der Waals surface area contributed by atoms with Gasteiger partial charge in [0.25, 0.3) is 0 Å². The molecule has 0 amide bonds. The lowest BCUT2D eigenvalue weighted by Crippen LogP contribution is -2.07. The van der Waals surface area contributed by atoms with Gasteiger partial charge in [0.15, 0.2) is 5.79 Å². The predicted octanol–water partition coefficient (Wildman–Crippen LogP) is 0.133. The molecule has 0 bridgehead atoms. The summed E-state index contributed by atoms with van der Waals surface area (Å²) in [5.41, 5.74) is 0. The molecule has 0 aromatic carbocycles. The molecule has 2 N–H and O–H groups in total. The summed E-state index contributed by atoms with van der Waals surface area (Å²) in [6.07, 6.45) is 1.64. The summed E-state index contributed by atoms with van der Waals surface area (Å²) in [5.74, 6) is -0.933. The number of aliphatic hydroxyl groups is 1. The van der Waals surface area contributed by atoms with E-state index in [1.54, 1.807) is 6.92 Å². The molecule has 2 atom stereocenters. The standard InChI is InChI=1S/C5H9NO2/c1-5(7)4(8-5)2-3-6/h3-4,6-7H,2H2,1H3. The van der Waals surface area contributed by atoms with Gasteiger partial charge >= 0.3 is 0 Å². The first kappa shape index (κ1) is 5.72. The van der Waals surface area contributed by atoms with Crippen molar-refractivity contribution in [3.8, 4) is 0 Å². The number of ether oxygens (including phenoxy) is 1. The number of epoxide rings is 1. The molecule has 0 aliphatic carbocycles. The van der Waals surface area contributed by atoms with Crippen molar-refractivity contribution in [2.45, 2.75) is 25.2 Å². The Morgan fingerprint density at radius 1 is 2.00 bits per heavy atom. The van der Waals surface area contributed by atoms with Crippen LogP contribution in [0.15, 0.2) is 0 Å². The Kier molecular flexibility index (Phi) is 1.10. The highest BCUT2D eigenvalue weighted by Gasteiger charge is 2.49. The lowest BCUT2D eigenvalue weighted by atomic mass is 10.2. The molecule has 46 valence electrons. The van der Waals surface area contributed by atoms with Gasteiger partial charge in [0.2, 0.25) is 0 Å². The Balaban J connectivity index is 2.26. The zero-order valence-corrected chi connectivity index (χ0v) is 4.72. The maximum Gasteiger partial charge on any atom is 0.190 e. The highest BCUT2D eigenvalue weighted by molar-refractivity contribution is 5.54. The van der Waals surface area contributed by atoms with Crippen LogP contribution in [0.5, 0.6) is 0 Å². The van der Waals surface area contributed by atoms with Crippen LogP contribution in [0.3, 0.4) is 0 Å². The largest absolute Gasteiger partial charge is 0.364 e. The molecule has 0 aromatic heterocycles. The van der Waals surface area contributed by atoms with Gasteiger partial charge in [-0.25, -0.2) is 0 Å². The summed E-state index contributed by atoms with van der Waals surface area (Å²) in [6.45, 7) is 1.60. The van der Waals surface area contributed by atoms with Gasteiger partial charge < -0.3 is 15.3 Å². The quantitative estimate of drug-likeness (QED) is 0.397. The molecule has 3 heteroatoms. The first-order chi connectivity index (χ1) is 3.67. The SMILES string of the molecule is CC1(O)OC1CC=N. The van der Waals surface area contributed by atoms with E-state index in [1.807, 2.05) is 0 Å². The molecule has 1 saturated heterocycles. The minimum absolute atomic E-state index is 0.125. The van der Waals surface area contributed by atoms with E-state index in [9.17, 15) is 0 Å². The summed E-state index contributed by atoms with van der Waals surface area (Å²) in [7, 11) is 0. The summed E-state index contributed by atoms with van der Waals surface area (Å²) in [5, 5.41) is 15.5. The van der Waals surface area contributed by atoms with Crippen molar-refractivity contribution in [1.29, 1.82) is 5.41 Å². The summed E-state index contributed by atoms with van der Waals surface area (Å²) >= 11 is 0. The molecule has 0 aromatic rings. The fourth-order valence-corrected chi connectivity index (χ4v) is 0.628. The number of hydrogen-bond donors (Lipinski definition) is 2. The van der Waals surface area contributed by atoms with Crippen molar-refractivity contribution in [1.82, 2.24) is 0 Å². The third kappa shape index (κ3) is 0.877. The van der Waals surface area contributed by atoms with E-state index in [4.69, 9.17) is 15.3 Å². The maximum atomic E-state index is 8.90. The molecular weight excluding hydrogens is 106 g/mol. The smallest absolute Gasteiger partial charge is 0.190 e. The van der Waals surface area contributed by atoms with Gasteiger partial charge in [0.05, 0.1) is 0 Å². The van der Waals surface area contributed by atoms with Crippen LogP contribution in [-0.4, -0.2) is 23.2 Å². The van der Waals surface area contributed by atoms with Crippen molar-refractivity contribution < 1.29 is 9.84 Å². The van der Waals surface area contributed by atoms with Gasteiger partial charge in [-0.3, -0.25) is 0 Å². The second-order valence-electron chi connectivity index (χ2n) is 2.10. The van der Waals surface area contributed by atoms with Gasteiger partial charge in [-0.2, -0.15) is 0 Å². The van der Waals surface area contributed by atoms with Gasteiger partial charge in [-0.1, -0.05) is 0 Å². The Morgan fingerprint density at radius 2 is 2.50 bits per heavy atom. The van der Waals surface area contributed by atoms with Crippen molar-refractivity contribution >= 4 is 6.21 Å². The third-order valence-corrected chi connectivity index (χ3v) is 1.25. The van der Waals surface area contributed by atoms with Gasteiger partial charge in [0, 0.05) is 6.42 Å². The molecule has 2 unspecified atom stereocenters. The molecule has 1 rings (SSSR count). The van der Waals surface area contributed by atoms with Gasteiger partial charge in [-0.05, 0) is 13.1 Å². The van der Waals surface area contributed by atoms with Crippen molar-refractivity contribution in [2.24, 2.45) is 0 Å². The molecule has 1 heterocycles. The fraction of sp³-hybridized carbons (Fsp3) is 0.800. The van der Waals surface area contributed by atoms with Crippen LogP contribution >= 0.6 is 0 Å². The maximum absolute atomic E-state index is 8.90. The van der Waals surface area contributed by atoms with E-state index in [0.717, 1.165) is 0 Å². The van der Waals surface area contributed by atoms with E-state index in [1.165, 1.54) is 6.21 Å². The summed E-state index contributed by atoms with van der Waals surface area (Å²) in [4.78, 5) is 0. The monoisotopic (exact) mass is 115 g/mol. The van der Waals surface area contributed by atoms with Crippen LogP contribution < -0.4 is 0 Å². The number of nitrogens with one attached hydrogen (secondary N) is 1. The molecule has 1 fully saturated rings. The second kappa shape index (κ2) is 1.53. The van der Waals surface area contributed by atoms with E-state index in [2.05, 4.69) is 0 Å². The van der Waals surface area contributed by atoms with Crippen molar-refractivity contribution in [3.63, 3.8) is 0 Å². The van der Waals surface area contributed by atoms with E-state index in [0.29, 0.717) is 6.42 Å². The molecule has 0 spiro atoms. The third-order valence-electron chi connectivity index (χ3n) is 1.25. The first-order valence-electron chi connectivity index (χ1n) is 2.56. The van der Waals surface area contributed by atoms with Gasteiger partial charge in [0.1, 0.15) is 6.10 Å². The molecule has 8 heavy (non-hydrogen) atoms. The van der Waals surface area contributed by atoms with Crippen molar-refractivity contribution in [2.75, 3.05) is 0 Å². The molecule has 1 aliphatic rings. The topological polar surface area (TPSA) is 56.6 Å². The van der Waals surface area contributed by atoms with Crippen LogP contribution in [0.1, 0.15) is 13.3 Å². The Labute approximate surface area is 47.8 Å². The van der Waals surface area contributed by atoms with E-state index < -0.39 is 5.79 Å². The average molecular weight is 115 g/mol. The molecule has 3 nitrogen and oxygen atoms in total. The first-order valence-corrected chi connectivity index (χ1v) is 2.56. The van der Waals surface area contributed by atoms with Crippen molar-refractivity contribution in [3.05, 3.63) is 0 Å². The highest BCUT2D eigenvalue weighted by atomic mass is 16.7. The van der Waals surface area contributed by atoms with Crippen LogP contribution in [-0.2, 0) is 4.74 Å². The predicted molar refractivity (Wildman–Crippen MR) is 28.9 cm³/mol. The minimum atomic E-state index is -0.933. The Hall–Kier alpha value is -0.410. The number of hydrogen-bond acceptors (Lipinski definition) is 3. The van der Waals surface area contributed by atoms with Crippen LogP contribution in [0.4, 0.5) is 0 Å². The van der Waals surface area contributed by atoms with E-state index >= 15 is 0 Å². The molecule has 0 radical (unpaired) electrons. The van der Waals surface area contributed by atoms with Crippen LogP contribution in [0.2, 0.25) is 0 Å². The summed E-state index contributed by atoms with van der Waals surface area (Å²) < 4.78 is 4.75. The molecule has 0 saturated carbocycles. The lowest BCUT2D eigenvalue weighted by molar-refractivity contribution is 0.0549.